The number of halogens is 8. The predicted octanol–water partition coefficient (Wildman–Crippen LogP) is 4.36. The van der Waals surface area contributed by atoms with Gasteiger partial charge in [-0.15, -0.1) is 0 Å². The van der Waals surface area contributed by atoms with E-state index in [1.54, 1.807) is 0 Å². The highest BCUT2D eigenvalue weighted by Crippen LogP contribution is 2.29. The van der Waals surface area contributed by atoms with E-state index in [0.717, 1.165) is 0 Å². The first kappa shape index (κ1) is 18.4. The summed E-state index contributed by atoms with van der Waals surface area (Å²) in [6.45, 7) is -2.32. The van der Waals surface area contributed by atoms with Gasteiger partial charge in [0, 0.05) is 12.8 Å². The van der Waals surface area contributed by atoms with Gasteiger partial charge in [0.25, 0.3) is 0 Å². The van der Waals surface area contributed by atoms with E-state index < -0.39 is 63.6 Å². The Balaban J connectivity index is 4.55. The van der Waals surface area contributed by atoms with Crippen molar-refractivity contribution in [2.45, 2.75) is 50.2 Å². The first-order valence-electron chi connectivity index (χ1n) is 5.48. The Morgan fingerprint density at radius 3 is 1.21 bits per heavy atom. The normalized spacial score (nSPS) is 16.4. The van der Waals surface area contributed by atoms with Gasteiger partial charge in [-0.1, -0.05) is 0 Å². The summed E-state index contributed by atoms with van der Waals surface area (Å²) in [6.07, 6.45) is -17.3. The van der Waals surface area contributed by atoms with Crippen LogP contribution in [0.25, 0.3) is 0 Å². The molecule has 0 spiro atoms. The average molecular weight is 302 g/mol. The van der Waals surface area contributed by atoms with E-state index in [1.807, 2.05) is 0 Å². The molecule has 0 aliphatic rings. The molecule has 9 heteroatoms. The largest absolute Gasteiger partial charge is 0.391 e. The van der Waals surface area contributed by atoms with Crippen molar-refractivity contribution < 1.29 is 39.9 Å². The van der Waals surface area contributed by atoms with Crippen molar-refractivity contribution >= 4 is 0 Å². The van der Waals surface area contributed by atoms with Crippen molar-refractivity contribution in [1.82, 2.24) is 0 Å². The molecule has 0 fully saturated rings. The van der Waals surface area contributed by atoms with Gasteiger partial charge in [-0.2, -0.15) is 26.3 Å². The Morgan fingerprint density at radius 1 is 0.684 bits per heavy atom. The first-order chi connectivity index (χ1) is 8.57. The third-order valence-corrected chi connectivity index (χ3v) is 2.17. The van der Waals surface area contributed by atoms with Gasteiger partial charge in [0.15, 0.2) is 0 Å². The highest BCUT2D eigenvalue weighted by Gasteiger charge is 2.37. The van der Waals surface area contributed by atoms with Gasteiger partial charge < -0.3 is 4.74 Å². The molecule has 0 aliphatic heterocycles. The van der Waals surface area contributed by atoms with Crippen LogP contribution in [0, 0.1) is 0 Å². The molecule has 0 radical (unpaired) electrons. The van der Waals surface area contributed by atoms with Gasteiger partial charge in [0.1, 0.15) is 0 Å². The van der Waals surface area contributed by atoms with E-state index in [4.69, 9.17) is 0 Å². The van der Waals surface area contributed by atoms with E-state index in [0.29, 0.717) is 0 Å². The summed E-state index contributed by atoms with van der Waals surface area (Å²) < 4.78 is 101. The fraction of sp³-hybridized carbons (Fsp3) is 1.00. The second-order valence-corrected chi connectivity index (χ2v) is 3.97. The zero-order chi connectivity index (χ0) is 15.1. The van der Waals surface area contributed by atoms with Crippen molar-refractivity contribution in [3.63, 3.8) is 0 Å². The van der Waals surface area contributed by atoms with Crippen LogP contribution in [-0.2, 0) is 4.74 Å². The van der Waals surface area contributed by atoms with E-state index in [9.17, 15) is 35.1 Å². The monoisotopic (exact) mass is 302 g/mol. The average Bonchev–Trinajstić information content (AvgIpc) is 2.12. The number of alkyl halides is 8. The zero-order valence-corrected chi connectivity index (χ0v) is 9.83. The Hall–Kier alpha value is -0.600. The summed E-state index contributed by atoms with van der Waals surface area (Å²) in [5.74, 6) is 0. The summed E-state index contributed by atoms with van der Waals surface area (Å²) >= 11 is 0. The van der Waals surface area contributed by atoms with Crippen molar-refractivity contribution in [2.24, 2.45) is 0 Å². The van der Waals surface area contributed by atoms with Crippen LogP contribution in [-0.4, -0.2) is 37.9 Å². The molecule has 0 amide bonds. The molecule has 19 heavy (non-hydrogen) atoms. The summed E-state index contributed by atoms with van der Waals surface area (Å²) in [6, 6.07) is 0. The predicted molar refractivity (Wildman–Crippen MR) is 51.2 cm³/mol. The van der Waals surface area contributed by atoms with Gasteiger partial charge in [-0.05, 0) is 0 Å². The highest BCUT2D eigenvalue weighted by molar-refractivity contribution is 4.70. The minimum absolute atomic E-state index is 0.680. The maximum absolute atomic E-state index is 12.1. The molecular formula is C10H14F8O. The van der Waals surface area contributed by atoms with E-state index in [-0.39, 0.29) is 0 Å². The SMILES string of the molecule is FCCC(CC(F)(F)F)OC(CCF)CC(F)(F)F. The number of hydrogen-bond donors (Lipinski definition) is 0. The summed E-state index contributed by atoms with van der Waals surface area (Å²) in [7, 11) is 0. The highest BCUT2D eigenvalue weighted by atomic mass is 19.4. The van der Waals surface area contributed by atoms with Crippen LogP contribution in [0.2, 0.25) is 0 Å². The van der Waals surface area contributed by atoms with Crippen LogP contribution in [0.15, 0.2) is 0 Å². The summed E-state index contributed by atoms with van der Waals surface area (Å²) in [4.78, 5) is 0. The van der Waals surface area contributed by atoms with Gasteiger partial charge in [-0.3, -0.25) is 8.78 Å². The standard InChI is InChI=1S/C10H14F8O/c11-3-1-7(5-9(13,14)15)19-8(2-4-12)6-10(16,17)18/h7-8H,1-6H2. The van der Waals surface area contributed by atoms with Crippen molar-refractivity contribution in [2.75, 3.05) is 13.3 Å². The molecule has 0 bridgehead atoms. The summed E-state index contributed by atoms with van der Waals surface area (Å²) in [5.41, 5.74) is 0. The van der Waals surface area contributed by atoms with Crippen LogP contribution in [0.3, 0.4) is 0 Å². The van der Waals surface area contributed by atoms with E-state index >= 15 is 0 Å². The molecule has 116 valence electrons. The van der Waals surface area contributed by atoms with Crippen molar-refractivity contribution in [3.8, 4) is 0 Å². The third kappa shape index (κ3) is 11.0. The lowest BCUT2D eigenvalue weighted by molar-refractivity contribution is -0.192. The van der Waals surface area contributed by atoms with Gasteiger partial charge in [-0.25, -0.2) is 0 Å². The minimum atomic E-state index is -4.68. The topological polar surface area (TPSA) is 9.23 Å². The lowest BCUT2D eigenvalue weighted by Crippen LogP contribution is -2.31. The van der Waals surface area contributed by atoms with Crippen LogP contribution < -0.4 is 0 Å². The maximum atomic E-state index is 12.1. The molecule has 0 heterocycles. The van der Waals surface area contributed by atoms with Crippen molar-refractivity contribution in [1.29, 1.82) is 0 Å². The van der Waals surface area contributed by atoms with Gasteiger partial charge in [0.2, 0.25) is 0 Å². The Bertz CT molecular complexity index is 213. The molecule has 0 N–H and O–H groups in total. The molecule has 0 saturated heterocycles. The zero-order valence-electron chi connectivity index (χ0n) is 9.83. The number of hydrogen-bond acceptors (Lipinski definition) is 1. The fourth-order valence-electron chi connectivity index (χ4n) is 1.47. The second kappa shape index (κ2) is 7.86. The lowest BCUT2D eigenvalue weighted by atomic mass is 10.1. The third-order valence-electron chi connectivity index (χ3n) is 2.17. The molecular weight excluding hydrogens is 288 g/mol. The summed E-state index contributed by atoms with van der Waals surface area (Å²) in [5, 5.41) is 0. The smallest absolute Gasteiger partial charge is 0.374 e. The Morgan fingerprint density at radius 2 is 1.00 bits per heavy atom. The van der Waals surface area contributed by atoms with Crippen LogP contribution >= 0.6 is 0 Å². The minimum Gasteiger partial charge on any atom is -0.374 e. The molecule has 2 unspecified atom stereocenters. The van der Waals surface area contributed by atoms with Crippen LogP contribution in [0.5, 0.6) is 0 Å². The lowest BCUT2D eigenvalue weighted by Gasteiger charge is -2.25. The molecule has 0 aromatic carbocycles. The Labute approximate surface area is 104 Å². The molecule has 0 aromatic heterocycles. The molecule has 2 atom stereocenters. The van der Waals surface area contributed by atoms with Crippen LogP contribution in [0.1, 0.15) is 25.7 Å². The van der Waals surface area contributed by atoms with Crippen LogP contribution in [0.4, 0.5) is 35.1 Å². The quantitative estimate of drug-likeness (QED) is 0.605. The first-order valence-corrected chi connectivity index (χ1v) is 5.48. The van der Waals surface area contributed by atoms with Crippen molar-refractivity contribution in [3.05, 3.63) is 0 Å². The van der Waals surface area contributed by atoms with Gasteiger partial charge >= 0.3 is 12.4 Å². The molecule has 0 rings (SSSR count). The second-order valence-electron chi connectivity index (χ2n) is 3.97. The van der Waals surface area contributed by atoms with Gasteiger partial charge in [0.05, 0.1) is 38.4 Å². The van der Waals surface area contributed by atoms with E-state index in [1.165, 1.54) is 0 Å². The number of rotatable bonds is 8. The molecule has 0 aliphatic carbocycles. The fourth-order valence-corrected chi connectivity index (χ4v) is 1.47. The van der Waals surface area contributed by atoms with E-state index in [2.05, 4.69) is 4.74 Å². The molecule has 0 aromatic rings. The Kier molecular flexibility index (Phi) is 7.61. The maximum Gasteiger partial charge on any atom is 0.391 e. The molecule has 1 nitrogen and oxygen atoms in total. The molecule has 0 saturated carbocycles. The number of ether oxygens (including phenoxy) is 1.